The van der Waals surface area contributed by atoms with E-state index in [1.807, 2.05) is 6.92 Å². The molecule has 1 saturated carbocycles. The van der Waals surface area contributed by atoms with Gasteiger partial charge in [-0.15, -0.1) is 0 Å². The highest BCUT2D eigenvalue weighted by Gasteiger charge is 2.58. The maximum atomic E-state index is 12.2. The van der Waals surface area contributed by atoms with E-state index >= 15 is 0 Å². The van der Waals surface area contributed by atoms with E-state index in [2.05, 4.69) is 36.8 Å². The Bertz CT molecular complexity index is 734. The number of carbonyl (C=O) groups excluding carboxylic acids is 1. The molecule has 0 N–H and O–H groups in total. The summed E-state index contributed by atoms with van der Waals surface area (Å²) in [7, 11) is 0. The summed E-state index contributed by atoms with van der Waals surface area (Å²) in [6, 6.07) is 2.52. The largest absolute Gasteiger partial charge is 0.340 e. The predicted molar refractivity (Wildman–Crippen MR) is 94.9 cm³/mol. The monoisotopic (exact) mass is 360 g/mol. The van der Waals surface area contributed by atoms with Crippen molar-refractivity contribution in [3.8, 4) is 0 Å². The third-order valence-corrected chi connectivity index (χ3v) is 6.38. The molecule has 0 unspecified atom stereocenters. The maximum Gasteiger partial charge on any atom is 0.223 e. The van der Waals surface area contributed by atoms with Crippen molar-refractivity contribution in [2.45, 2.75) is 52.2 Å². The lowest BCUT2D eigenvalue weighted by Crippen LogP contribution is -2.39. The molecule has 2 aromatic heterocycles. The summed E-state index contributed by atoms with van der Waals surface area (Å²) in [4.78, 5) is 20.9. The fourth-order valence-electron chi connectivity index (χ4n) is 4.09. The van der Waals surface area contributed by atoms with E-state index in [1.165, 1.54) is 5.56 Å². The third kappa shape index (κ3) is 3.48. The van der Waals surface area contributed by atoms with Crippen LogP contribution in [0.15, 0.2) is 21.3 Å². The number of thiophene rings is 1. The predicted octanol–water partition coefficient (Wildman–Crippen LogP) is 2.84. The van der Waals surface area contributed by atoms with Crippen LogP contribution in [-0.4, -0.2) is 45.0 Å². The van der Waals surface area contributed by atoms with E-state index in [0.717, 1.165) is 51.3 Å². The van der Waals surface area contributed by atoms with Crippen LogP contribution in [0.4, 0.5) is 0 Å². The van der Waals surface area contributed by atoms with E-state index < -0.39 is 0 Å². The highest BCUT2D eigenvalue weighted by atomic mass is 32.1. The van der Waals surface area contributed by atoms with Gasteiger partial charge in [0.1, 0.15) is 0 Å². The molecule has 1 atom stereocenters. The van der Waals surface area contributed by atoms with Gasteiger partial charge in [0, 0.05) is 26.4 Å². The number of nitrogens with zero attached hydrogens (tertiary/aromatic N) is 4. The molecule has 25 heavy (non-hydrogen) atoms. The highest BCUT2D eigenvalue weighted by Crippen LogP contribution is 2.57. The minimum absolute atomic E-state index is 0.192. The molecule has 1 amide bonds. The molecule has 7 heteroatoms. The summed E-state index contributed by atoms with van der Waals surface area (Å²) >= 11 is 1.69. The minimum atomic E-state index is 0.192. The zero-order chi connectivity index (χ0) is 17.4. The van der Waals surface area contributed by atoms with Crippen LogP contribution in [0.5, 0.6) is 0 Å². The normalized spacial score (nSPS) is 22.2. The van der Waals surface area contributed by atoms with Crippen LogP contribution in [0.2, 0.25) is 0 Å². The molecule has 2 aromatic rings. The summed E-state index contributed by atoms with van der Waals surface area (Å²) in [6.45, 7) is 7.09. The SMILES string of the molecule is CC(=O)N(Cc1ccsc1)[C@@H]1CC12CCN(Cc1noc(C)n1)CC2. The van der Waals surface area contributed by atoms with Crippen LogP contribution in [0.3, 0.4) is 0 Å². The number of aryl methyl sites for hydroxylation is 1. The number of hydrogen-bond donors (Lipinski definition) is 0. The van der Waals surface area contributed by atoms with Crippen molar-refractivity contribution in [2.24, 2.45) is 5.41 Å². The molecule has 3 heterocycles. The molecule has 4 rings (SSSR count). The van der Waals surface area contributed by atoms with Crippen LogP contribution in [-0.2, 0) is 17.9 Å². The quantitative estimate of drug-likeness (QED) is 0.820. The van der Waals surface area contributed by atoms with Crippen LogP contribution in [0, 0.1) is 12.3 Å². The van der Waals surface area contributed by atoms with Crippen molar-refractivity contribution in [3.05, 3.63) is 34.1 Å². The molecule has 134 valence electrons. The van der Waals surface area contributed by atoms with Gasteiger partial charge in [-0.05, 0) is 60.2 Å². The van der Waals surface area contributed by atoms with Gasteiger partial charge in [-0.25, -0.2) is 0 Å². The molecule has 6 nitrogen and oxygen atoms in total. The Labute approximate surface area is 151 Å². The Morgan fingerprint density at radius 2 is 2.28 bits per heavy atom. The van der Waals surface area contributed by atoms with Crippen LogP contribution >= 0.6 is 11.3 Å². The second-order valence-electron chi connectivity index (χ2n) is 7.37. The number of aromatic nitrogens is 2. The van der Waals surface area contributed by atoms with Gasteiger partial charge in [-0.1, -0.05) is 5.16 Å². The second kappa shape index (κ2) is 6.53. The van der Waals surface area contributed by atoms with Crippen molar-refractivity contribution in [3.63, 3.8) is 0 Å². The van der Waals surface area contributed by atoms with E-state index in [0.29, 0.717) is 17.3 Å². The fourth-order valence-corrected chi connectivity index (χ4v) is 4.75. The highest BCUT2D eigenvalue weighted by molar-refractivity contribution is 7.07. The summed E-state index contributed by atoms with van der Waals surface area (Å²) in [5.41, 5.74) is 1.57. The van der Waals surface area contributed by atoms with Gasteiger partial charge >= 0.3 is 0 Å². The lowest BCUT2D eigenvalue weighted by Gasteiger charge is -2.34. The molecular weight excluding hydrogens is 336 g/mol. The lowest BCUT2D eigenvalue weighted by atomic mass is 9.92. The summed E-state index contributed by atoms with van der Waals surface area (Å²) in [5, 5.41) is 8.21. The topological polar surface area (TPSA) is 62.5 Å². The Morgan fingerprint density at radius 3 is 2.88 bits per heavy atom. The third-order valence-electron chi connectivity index (χ3n) is 5.65. The summed E-state index contributed by atoms with van der Waals surface area (Å²) in [6.07, 6.45) is 3.43. The molecule has 1 aliphatic carbocycles. The summed E-state index contributed by atoms with van der Waals surface area (Å²) in [5.74, 6) is 1.58. The van der Waals surface area contributed by atoms with Gasteiger partial charge in [0.25, 0.3) is 0 Å². The molecule has 2 fully saturated rings. The van der Waals surface area contributed by atoms with E-state index in [-0.39, 0.29) is 5.91 Å². The molecule has 1 saturated heterocycles. The minimum Gasteiger partial charge on any atom is -0.340 e. The van der Waals surface area contributed by atoms with Gasteiger partial charge in [0.2, 0.25) is 11.8 Å². The van der Waals surface area contributed by atoms with E-state index in [1.54, 1.807) is 18.3 Å². The number of rotatable bonds is 5. The first-order valence-corrected chi connectivity index (χ1v) is 9.80. The van der Waals surface area contributed by atoms with Gasteiger partial charge < -0.3 is 9.42 Å². The molecule has 2 aliphatic rings. The molecule has 0 radical (unpaired) electrons. The van der Waals surface area contributed by atoms with Crippen molar-refractivity contribution in [1.82, 2.24) is 19.9 Å². The van der Waals surface area contributed by atoms with Crippen molar-refractivity contribution >= 4 is 17.2 Å². The first-order valence-electron chi connectivity index (χ1n) is 8.86. The zero-order valence-corrected chi connectivity index (χ0v) is 15.6. The number of amides is 1. The Kier molecular flexibility index (Phi) is 4.37. The average molecular weight is 360 g/mol. The number of hydrogen-bond acceptors (Lipinski definition) is 6. The van der Waals surface area contributed by atoms with Gasteiger partial charge in [-0.3, -0.25) is 9.69 Å². The standard InChI is InChI=1S/C18H24N4O2S/c1-13-19-17(20-24-13)11-21-6-4-18(5-7-21)9-16(18)22(14(2)23)10-15-3-8-25-12-15/h3,8,12,16H,4-7,9-11H2,1-2H3/t16-/m1/s1. The van der Waals surface area contributed by atoms with Gasteiger partial charge in [0.15, 0.2) is 5.82 Å². The summed E-state index contributed by atoms with van der Waals surface area (Å²) < 4.78 is 5.05. The average Bonchev–Trinajstić information content (AvgIpc) is 2.94. The first kappa shape index (κ1) is 16.7. The van der Waals surface area contributed by atoms with Crippen molar-refractivity contribution in [1.29, 1.82) is 0 Å². The molecular formula is C18H24N4O2S. The Balaban J connectivity index is 1.34. The van der Waals surface area contributed by atoms with Gasteiger partial charge in [0.05, 0.1) is 6.54 Å². The van der Waals surface area contributed by atoms with Crippen LogP contribution in [0.25, 0.3) is 0 Å². The number of piperidine rings is 1. The Morgan fingerprint density at radius 1 is 1.48 bits per heavy atom. The van der Waals surface area contributed by atoms with Crippen LogP contribution < -0.4 is 0 Å². The van der Waals surface area contributed by atoms with E-state index in [9.17, 15) is 4.79 Å². The fraction of sp³-hybridized carbons (Fsp3) is 0.611. The molecule has 0 aromatic carbocycles. The van der Waals surface area contributed by atoms with Crippen molar-refractivity contribution < 1.29 is 9.32 Å². The van der Waals surface area contributed by atoms with Gasteiger partial charge in [-0.2, -0.15) is 16.3 Å². The van der Waals surface area contributed by atoms with Crippen molar-refractivity contribution in [2.75, 3.05) is 13.1 Å². The van der Waals surface area contributed by atoms with E-state index in [4.69, 9.17) is 4.52 Å². The zero-order valence-electron chi connectivity index (χ0n) is 14.8. The maximum absolute atomic E-state index is 12.2. The molecule has 1 spiro atoms. The first-order chi connectivity index (χ1) is 12.1. The number of likely N-dealkylation sites (tertiary alicyclic amines) is 1. The smallest absolute Gasteiger partial charge is 0.223 e. The van der Waals surface area contributed by atoms with Crippen LogP contribution in [0.1, 0.15) is 43.5 Å². The molecule has 1 aliphatic heterocycles. The number of carbonyl (C=O) groups is 1. The lowest BCUT2D eigenvalue weighted by molar-refractivity contribution is -0.130. The Hall–Kier alpha value is -1.73. The second-order valence-corrected chi connectivity index (χ2v) is 8.15. The molecule has 0 bridgehead atoms.